The summed E-state index contributed by atoms with van der Waals surface area (Å²) >= 11 is 0. The fraction of sp³-hybridized carbons (Fsp3) is 1.00. The monoisotopic (exact) mass is 85.1 g/mol. The van der Waals surface area contributed by atoms with Gasteiger partial charge >= 0.3 is 0 Å². The van der Waals surface area contributed by atoms with Crippen molar-refractivity contribution >= 4 is 8.41 Å². The zero-order valence-corrected chi connectivity index (χ0v) is 5.02. The minimum atomic E-state index is 0. The molecule has 0 heterocycles. The highest BCUT2D eigenvalue weighted by atomic mass is 15.2. The third-order valence-corrected chi connectivity index (χ3v) is 0. The summed E-state index contributed by atoms with van der Waals surface area (Å²) in [6.45, 7) is 0. The second kappa shape index (κ2) is 2.24. The van der Waals surface area contributed by atoms with Crippen LogP contribution >= 0.6 is 0 Å². The maximum atomic E-state index is 2.12. The molecule has 35 valence electrons. The van der Waals surface area contributed by atoms with E-state index in [1.54, 1.807) is 0 Å². The van der Waals surface area contributed by atoms with Crippen molar-refractivity contribution < 1.29 is 4.48 Å². The van der Waals surface area contributed by atoms with E-state index < -0.39 is 0 Å². The largest absolute Gasteiger partial charge is 0.333 e. The fourth-order valence-electron chi connectivity index (χ4n) is 0. The normalized spacial score (nSPS) is 10.0. The van der Waals surface area contributed by atoms with Gasteiger partial charge in [-0.25, -0.2) is 0 Å². The summed E-state index contributed by atoms with van der Waals surface area (Å²) in [6, 6.07) is 0. The summed E-state index contributed by atoms with van der Waals surface area (Å²) in [7, 11) is 8.50. The first-order chi connectivity index (χ1) is 2.00. The molecule has 0 spiro atoms. The number of nitrogens with zero attached hydrogens (tertiary/aromatic N) is 1. The highest BCUT2D eigenvalue weighted by Gasteiger charge is 1.88. The molecular weight excluding hydrogens is 72.9 g/mol. The molecule has 2 heteroatoms. The Kier molecular flexibility index (Phi) is 3.51. The van der Waals surface area contributed by atoms with E-state index in [9.17, 15) is 0 Å². The Morgan fingerprint density at radius 3 is 0.833 bits per heavy atom. The Labute approximate surface area is 42.1 Å². The first kappa shape index (κ1) is 9.39. The van der Waals surface area contributed by atoms with Crippen LogP contribution in [0.1, 0.15) is 0 Å². The molecule has 0 aliphatic rings. The van der Waals surface area contributed by atoms with Crippen molar-refractivity contribution in [3.05, 3.63) is 0 Å². The van der Waals surface area contributed by atoms with Crippen molar-refractivity contribution in [1.29, 1.82) is 0 Å². The van der Waals surface area contributed by atoms with E-state index in [2.05, 4.69) is 28.2 Å². The molecular formula is C4H12BN+. The molecule has 0 unspecified atom stereocenters. The molecule has 3 radical (unpaired) electrons. The minimum absolute atomic E-state index is 0. The predicted molar refractivity (Wildman–Crippen MR) is 29.7 cm³/mol. The van der Waals surface area contributed by atoms with Crippen LogP contribution in [0.25, 0.3) is 0 Å². The van der Waals surface area contributed by atoms with Gasteiger partial charge in [0.1, 0.15) is 0 Å². The van der Waals surface area contributed by atoms with E-state index in [1.807, 2.05) is 0 Å². The van der Waals surface area contributed by atoms with E-state index in [4.69, 9.17) is 0 Å². The van der Waals surface area contributed by atoms with Crippen molar-refractivity contribution in [2.24, 2.45) is 0 Å². The van der Waals surface area contributed by atoms with E-state index in [0.717, 1.165) is 4.48 Å². The third-order valence-electron chi connectivity index (χ3n) is 0. The van der Waals surface area contributed by atoms with Crippen LogP contribution in [0, 0.1) is 0 Å². The number of hydrogen-bond donors (Lipinski definition) is 0. The molecule has 0 fully saturated rings. The molecule has 0 aromatic carbocycles. The van der Waals surface area contributed by atoms with Gasteiger partial charge in [-0.2, -0.15) is 0 Å². The van der Waals surface area contributed by atoms with Gasteiger partial charge in [-0.3, -0.25) is 0 Å². The Morgan fingerprint density at radius 2 is 0.833 bits per heavy atom. The molecule has 6 heavy (non-hydrogen) atoms. The summed E-state index contributed by atoms with van der Waals surface area (Å²) < 4.78 is 1.00. The van der Waals surface area contributed by atoms with Crippen molar-refractivity contribution in [3.8, 4) is 0 Å². The average molecular weight is 85.0 g/mol. The lowest BCUT2D eigenvalue weighted by Crippen LogP contribution is -2.27. The van der Waals surface area contributed by atoms with Gasteiger partial charge in [-0.05, 0) is 0 Å². The van der Waals surface area contributed by atoms with Crippen LogP contribution in [0.4, 0.5) is 0 Å². The fourth-order valence-corrected chi connectivity index (χ4v) is 0. The van der Waals surface area contributed by atoms with Gasteiger partial charge in [-0.15, -0.1) is 0 Å². The topological polar surface area (TPSA) is 0 Å². The second-order valence-electron chi connectivity index (χ2n) is 2.68. The van der Waals surface area contributed by atoms with Crippen molar-refractivity contribution in [3.63, 3.8) is 0 Å². The molecule has 0 aromatic heterocycles. The number of hydrogen-bond acceptors (Lipinski definition) is 0. The maximum absolute atomic E-state index is 2.12. The predicted octanol–water partition coefficient (Wildman–Crippen LogP) is -0.0584. The SMILES string of the molecule is C[N+](C)(C)C.[B]. The Bertz CT molecular complexity index is 23.0. The first-order valence-electron chi connectivity index (χ1n) is 1.79. The molecule has 0 bridgehead atoms. The van der Waals surface area contributed by atoms with Crippen LogP contribution in [0.15, 0.2) is 0 Å². The molecule has 0 saturated heterocycles. The van der Waals surface area contributed by atoms with Crippen LogP contribution < -0.4 is 0 Å². The number of rotatable bonds is 0. The third kappa shape index (κ3) is 59200. The van der Waals surface area contributed by atoms with Crippen LogP contribution in [0.3, 0.4) is 0 Å². The molecule has 0 aromatic rings. The van der Waals surface area contributed by atoms with Gasteiger partial charge in [0, 0.05) is 8.41 Å². The van der Waals surface area contributed by atoms with Gasteiger partial charge in [0.2, 0.25) is 0 Å². The number of quaternary nitrogens is 1. The van der Waals surface area contributed by atoms with E-state index in [0.29, 0.717) is 0 Å². The molecule has 0 aliphatic carbocycles. The summed E-state index contributed by atoms with van der Waals surface area (Å²) in [4.78, 5) is 0. The molecule has 0 saturated carbocycles. The average Bonchev–Trinajstić information content (AvgIpc) is 0.722. The van der Waals surface area contributed by atoms with Gasteiger partial charge in [-0.1, -0.05) is 0 Å². The highest BCUT2D eigenvalue weighted by Crippen LogP contribution is 1.73. The Hall–Kier alpha value is 0.0249. The highest BCUT2D eigenvalue weighted by molar-refractivity contribution is 5.75. The van der Waals surface area contributed by atoms with Crippen LogP contribution in [0.2, 0.25) is 0 Å². The lowest BCUT2D eigenvalue weighted by molar-refractivity contribution is -0.849. The van der Waals surface area contributed by atoms with Gasteiger partial charge in [0.15, 0.2) is 0 Å². The van der Waals surface area contributed by atoms with Crippen molar-refractivity contribution in [2.75, 3.05) is 28.2 Å². The standard InChI is InChI=1S/C4H12N.B/c1-5(2,3)4;/h1-4H3;/q+1;. The first-order valence-corrected chi connectivity index (χ1v) is 1.79. The molecule has 0 aliphatic heterocycles. The lowest BCUT2D eigenvalue weighted by atomic mass is 10.8. The van der Waals surface area contributed by atoms with Crippen LogP contribution in [-0.2, 0) is 0 Å². The Morgan fingerprint density at radius 1 is 0.833 bits per heavy atom. The zero-order valence-electron chi connectivity index (χ0n) is 5.02. The zero-order chi connectivity index (χ0) is 4.50. The summed E-state index contributed by atoms with van der Waals surface area (Å²) in [5.74, 6) is 0. The quantitative estimate of drug-likeness (QED) is 0.285. The van der Waals surface area contributed by atoms with Gasteiger partial charge < -0.3 is 4.48 Å². The maximum Gasteiger partial charge on any atom is 0.0675 e. The van der Waals surface area contributed by atoms with Crippen LogP contribution in [0.5, 0.6) is 0 Å². The van der Waals surface area contributed by atoms with Gasteiger partial charge in [0.25, 0.3) is 0 Å². The summed E-state index contributed by atoms with van der Waals surface area (Å²) in [6.07, 6.45) is 0. The molecule has 0 atom stereocenters. The van der Waals surface area contributed by atoms with Crippen molar-refractivity contribution in [2.45, 2.75) is 0 Å². The van der Waals surface area contributed by atoms with E-state index in [1.165, 1.54) is 0 Å². The lowest BCUT2D eigenvalue weighted by Gasteiger charge is -2.14. The molecule has 0 rings (SSSR count). The minimum Gasteiger partial charge on any atom is -0.333 e. The summed E-state index contributed by atoms with van der Waals surface area (Å²) in [5.41, 5.74) is 0. The smallest absolute Gasteiger partial charge is 0.0675 e. The van der Waals surface area contributed by atoms with Gasteiger partial charge in [0.05, 0.1) is 28.2 Å². The summed E-state index contributed by atoms with van der Waals surface area (Å²) in [5, 5.41) is 0. The molecule has 1 nitrogen and oxygen atoms in total. The molecule has 0 amide bonds. The Balaban J connectivity index is 0. The van der Waals surface area contributed by atoms with Crippen molar-refractivity contribution in [1.82, 2.24) is 0 Å². The molecule has 0 N–H and O–H groups in total. The van der Waals surface area contributed by atoms with E-state index in [-0.39, 0.29) is 8.41 Å². The van der Waals surface area contributed by atoms with Crippen LogP contribution in [-0.4, -0.2) is 41.1 Å². The second-order valence-corrected chi connectivity index (χ2v) is 2.68. The van der Waals surface area contributed by atoms with E-state index >= 15 is 0 Å².